The van der Waals surface area contributed by atoms with Crippen LogP contribution in [0, 0.1) is 12.7 Å². The molecule has 0 radical (unpaired) electrons. The zero-order chi connectivity index (χ0) is 11.8. The Hall–Kier alpha value is -1.09. The monoisotopic (exact) mass is 225 g/mol. The molecule has 90 valence electrons. The van der Waals surface area contributed by atoms with E-state index in [1.54, 1.807) is 6.07 Å². The summed E-state index contributed by atoms with van der Waals surface area (Å²) < 4.78 is 18.5. The third-order valence-corrected chi connectivity index (χ3v) is 2.41. The molecule has 0 heterocycles. The Balaban J connectivity index is 2.23. The predicted molar refractivity (Wildman–Crippen MR) is 64.4 cm³/mol. The van der Waals surface area contributed by atoms with Gasteiger partial charge in [-0.2, -0.15) is 0 Å². The minimum absolute atomic E-state index is 0.242. The van der Waals surface area contributed by atoms with E-state index in [0.717, 1.165) is 31.5 Å². The first-order valence-corrected chi connectivity index (χ1v) is 5.83. The maximum Gasteiger partial charge on any atom is 0.126 e. The van der Waals surface area contributed by atoms with Crippen molar-refractivity contribution in [3.63, 3.8) is 0 Å². The Morgan fingerprint density at radius 2 is 2.12 bits per heavy atom. The predicted octanol–water partition coefficient (Wildman–Crippen LogP) is 2.90. The van der Waals surface area contributed by atoms with Gasteiger partial charge in [0.2, 0.25) is 0 Å². The van der Waals surface area contributed by atoms with Crippen LogP contribution in [0.15, 0.2) is 18.2 Å². The molecule has 0 unspecified atom stereocenters. The molecule has 0 aromatic heterocycles. The second-order valence-electron chi connectivity index (χ2n) is 3.82. The summed E-state index contributed by atoms with van der Waals surface area (Å²) in [6.45, 7) is 6.68. The number of hydrogen-bond donors (Lipinski definition) is 1. The van der Waals surface area contributed by atoms with Crippen molar-refractivity contribution in [2.24, 2.45) is 0 Å². The van der Waals surface area contributed by atoms with Gasteiger partial charge >= 0.3 is 0 Å². The van der Waals surface area contributed by atoms with Gasteiger partial charge in [-0.05, 0) is 44.5 Å². The normalized spacial score (nSPS) is 10.4. The fourth-order valence-corrected chi connectivity index (χ4v) is 1.44. The summed E-state index contributed by atoms with van der Waals surface area (Å²) in [4.78, 5) is 0. The van der Waals surface area contributed by atoms with E-state index in [1.165, 1.54) is 12.1 Å². The Morgan fingerprint density at radius 1 is 1.31 bits per heavy atom. The minimum atomic E-state index is -0.242. The van der Waals surface area contributed by atoms with Gasteiger partial charge in [-0.25, -0.2) is 4.39 Å². The summed E-state index contributed by atoms with van der Waals surface area (Å²) in [6.07, 6.45) is 2.07. The lowest BCUT2D eigenvalue weighted by Crippen LogP contribution is -2.14. The van der Waals surface area contributed by atoms with Crippen LogP contribution in [-0.4, -0.2) is 19.7 Å². The largest absolute Gasteiger partial charge is 0.493 e. The van der Waals surface area contributed by atoms with Crippen LogP contribution in [0.2, 0.25) is 0 Å². The highest BCUT2D eigenvalue weighted by molar-refractivity contribution is 5.32. The van der Waals surface area contributed by atoms with Crippen LogP contribution in [0.25, 0.3) is 0 Å². The summed E-state index contributed by atoms with van der Waals surface area (Å²) in [5.41, 5.74) is 0.980. The number of unbranched alkanes of at least 4 members (excludes halogenated alkanes) is 1. The van der Waals surface area contributed by atoms with E-state index < -0.39 is 0 Å². The standard InChI is InChI=1S/C13H20FNO/c1-3-15-8-4-5-9-16-13-10-12(14)7-6-11(13)2/h6-7,10,15H,3-5,8-9H2,1-2H3. The highest BCUT2D eigenvalue weighted by Crippen LogP contribution is 2.18. The van der Waals surface area contributed by atoms with Gasteiger partial charge in [-0.15, -0.1) is 0 Å². The molecule has 1 N–H and O–H groups in total. The lowest BCUT2D eigenvalue weighted by molar-refractivity contribution is 0.302. The van der Waals surface area contributed by atoms with Gasteiger partial charge in [0.1, 0.15) is 11.6 Å². The molecule has 0 aliphatic carbocycles. The molecule has 2 nitrogen and oxygen atoms in total. The first-order valence-electron chi connectivity index (χ1n) is 5.83. The number of aryl methyl sites for hydroxylation is 1. The fourth-order valence-electron chi connectivity index (χ4n) is 1.44. The number of nitrogens with one attached hydrogen (secondary N) is 1. The van der Waals surface area contributed by atoms with Crippen LogP contribution in [0.5, 0.6) is 5.75 Å². The van der Waals surface area contributed by atoms with Crippen LogP contribution in [-0.2, 0) is 0 Å². The van der Waals surface area contributed by atoms with E-state index in [9.17, 15) is 4.39 Å². The SMILES string of the molecule is CCNCCCCOc1cc(F)ccc1C. The molecule has 0 saturated carbocycles. The Bertz CT molecular complexity index is 315. The van der Waals surface area contributed by atoms with E-state index in [1.807, 2.05) is 6.92 Å². The number of ether oxygens (including phenoxy) is 1. The van der Waals surface area contributed by atoms with Crippen molar-refractivity contribution in [2.75, 3.05) is 19.7 Å². The molecule has 0 spiro atoms. The molecule has 0 aliphatic heterocycles. The molecule has 0 atom stereocenters. The number of rotatable bonds is 7. The van der Waals surface area contributed by atoms with Crippen molar-refractivity contribution in [1.29, 1.82) is 0 Å². The molecule has 1 aromatic carbocycles. The Morgan fingerprint density at radius 3 is 2.88 bits per heavy atom. The summed E-state index contributed by atoms with van der Waals surface area (Å²) in [5.74, 6) is 0.414. The van der Waals surface area contributed by atoms with E-state index >= 15 is 0 Å². The van der Waals surface area contributed by atoms with E-state index in [4.69, 9.17) is 4.74 Å². The van der Waals surface area contributed by atoms with Gasteiger partial charge in [-0.1, -0.05) is 13.0 Å². The molecular weight excluding hydrogens is 205 g/mol. The van der Waals surface area contributed by atoms with Crippen LogP contribution in [0.3, 0.4) is 0 Å². The third-order valence-electron chi connectivity index (χ3n) is 2.41. The molecule has 0 saturated heterocycles. The second kappa shape index (κ2) is 7.23. The van der Waals surface area contributed by atoms with E-state index in [-0.39, 0.29) is 5.82 Å². The van der Waals surface area contributed by atoms with Crippen LogP contribution < -0.4 is 10.1 Å². The van der Waals surface area contributed by atoms with Crippen molar-refractivity contribution in [3.05, 3.63) is 29.6 Å². The van der Waals surface area contributed by atoms with Crippen LogP contribution in [0.1, 0.15) is 25.3 Å². The second-order valence-corrected chi connectivity index (χ2v) is 3.82. The van der Waals surface area contributed by atoms with Crippen molar-refractivity contribution in [1.82, 2.24) is 5.32 Å². The number of benzene rings is 1. The third kappa shape index (κ3) is 4.62. The molecule has 0 bridgehead atoms. The van der Waals surface area contributed by atoms with Crippen LogP contribution >= 0.6 is 0 Å². The van der Waals surface area contributed by atoms with Crippen LogP contribution in [0.4, 0.5) is 4.39 Å². The lowest BCUT2D eigenvalue weighted by atomic mass is 10.2. The van der Waals surface area contributed by atoms with Gasteiger partial charge in [-0.3, -0.25) is 0 Å². The molecule has 0 aliphatic rings. The average molecular weight is 225 g/mol. The first kappa shape index (κ1) is 13.0. The molecular formula is C13H20FNO. The maximum atomic E-state index is 12.9. The van der Waals surface area contributed by atoms with Crippen molar-refractivity contribution in [2.45, 2.75) is 26.7 Å². The topological polar surface area (TPSA) is 21.3 Å². The average Bonchev–Trinajstić information content (AvgIpc) is 2.28. The van der Waals surface area contributed by atoms with Gasteiger partial charge in [0.25, 0.3) is 0 Å². The Labute approximate surface area is 96.8 Å². The number of hydrogen-bond acceptors (Lipinski definition) is 2. The zero-order valence-corrected chi connectivity index (χ0v) is 10.1. The molecule has 0 fully saturated rings. The summed E-state index contributed by atoms with van der Waals surface area (Å²) in [6, 6.07) is 4.64. The molecule has 1 rings (SSSR count). The van der Waals surface area contributed by atoms with Crippen molar-refractivity contribution >= 4 is 0 Å². The van der Waals surface area contributed by atoms with Crippen molar-refractivity contribution in [3.8, 4) is 5.75 Å². The fraction of sp³-hybridized carbons (Fsp3) is 0.538. The summed E-state index contributed by atoms with van der Waals surface area (Å²) in [7, 11) is 0. The number of halogens is 1. The molecule has 3 heteroatoms. The van der Waals surface area contributed by atoms with Gasteiger partial charge < -0.3 is 10.1 Å². The zero-order valence-electron chi connectivity index (χ0n) is 10.1. The molecule has 0 amide bonds. The minimum Gasteiger partial charge on any atom is -0.493 e. The summed E-state index contributed by atoms with van der Waals surface area (Å²) in [5, 5.41) is 3.25. The molecule has 16 heavy (non-hydrogen) atoms. The Kier molecular flexibility index (Phi) is 5.86. The van der Waals surface area contributed by atoms with Gasteiger partial charge in [0.05, 0.1) is 6.61 Å². The lowest BCUT2D eigenvalue weighted by Gasteiger charge is -2.09. The van der Waals surface area contributed by atoms with Gasteiger partial charge in [0, 0.05) is 6.07 Å². The van der Waals surface area contributed by atoms with Gasteiger partial charge in [0.15, 0.2) is 0 Å². The smallest absolute Gasteiger partial charge is 0.126 e. The molecule has 1 aromatic rings. The first-order chi connectivity index (χ1) is 7.74. The quantitative estimate of drug-likeness (QED) is 0.720. The van der Waals surface area contributed by atoms with E-state index in [2.05, 4.69) is 12.2 Å². The summed E-state index contributed by atoms with van der Waals surface area (Å²) >= 11 is 0. The highest BCUT2D eigenvalue weighted by atomic mass is 19.1. The van der Waals surface area contributed by atoms with E-state index in [0.29, 0.717) is 12.4 Å². The highest BCUT2D eigenvalue weighted by Gasteiger charge is 2.00. The van der Waals surface area contributed by atoms with Crippen molar-refractivity contribution < 1.29 is 9.13 Å². The maximum absolute atomic E-state index is 12.9.